The van der Waals surface area contributed by atoms with E-state index in [2.05, 4.69) is 22.5 Å². The van der Waals surface area contributed by atoms with Crippen molar-refractivity contribution in [2.75, 3.05) is 7.11 Å². The van der Waals surface area contributed by atoms with E-state index in [-0.39, 0.29) is 5.75 Å². The highest BCUT2D eigenvalue weighted by atomic mass is 79.9. The van der Waals surface area contributed by atoms with Crippen molar-refractivity contribution in [1.29, 1.82) is 0 Å². The molecule has 0 spiro atoms. The molecule has 0 aliphatic rings. The van der Waals surface area contributed by atoms with Crippen molar-refractivity contribution in [3.8, 4) is 11.5 Å². The number of rotatable bonds is 3. The predicted molar refractivity (Wildman–Crippen MR) is 61.0 cm³/mol. The monoisotopic (exact) mass is 256 g/mol. The SMILES string of the molecule is C=CCc1c(C)c(Br)cc(OC)c1O. The van der Waals surface area contributed by atoms with Crippen LogP contribution >= 0.6 is 15.9 Å². The van der Waals surface area contributed by atoms with Gasteiger partial charge in [0.05, 0.1) is 7.11 Å². The molecule has 0 saturated heterocycles. The minimum atomic E-state index is 0.202. The summed E-state index contributed by atoms with van der Waals surface area (Å²) in [6.07, 6.45) is 2.39. The fourth-order valence-electron chi connectivity index (χ4n) is 1.31. The normalized spacial score (nSPS) is 9.93. The molecule has 0 aliphatic heterocycles. The van der Waals surface area contributed by atoms with Crippen molar-refractivity contribution in [2.24, 2.45) is 0 Å². The van der Waals surface area contributed by atoms with E-state index < -0.39 is 0 Å². The highest BCUT2D eigenvalue weighted by molar-refractivity contribution is 9.10. The zero-order chi connectivity index (χ0) is 10.7. The van der Waals surface area contributed by atoms with Gasteiger partial charge in [0.2, 0.25) is 0 Å². The van der Waals surface area contributed by atoms with Gasteiger partial charge in [-0.15, -0.1) is 6.58 Å². The third-order valence-electron chi connectivity index (χ3n) is 2.16. The van der Waals surface area contributed by atoms with Gasteiger partial charge in [-0.1, -0.05) is 22.0 Å². The first kappa shape index (κ1) is 11.1. The molecule has 3 heteroatoms. The standard InChI is InChI=1S/C11H13BrO2/c1-4-5-8-7(2)9(12)6-10(14-3)11(8)13/h4,6,13H,1,5H2,2-3H3. The van der Waals surface area contributed by atoms with Crippen LogP contribution in [0.15, 0.2) is 23.2 Å². The number of hydrogen-bond donors (Lipinski definition) is 1. The summed E-state index contributed by atoms with van der Waals surface area (Å²) in [6.45, 7) is 5.60. The second-order valence-electron chi connectivity index (χ2n) is 3.01. The summed E-state index contributed by atoms with van der Waals surface area (Å²) in [5.41, 5.74) is 1.87. The van der Waals surface area contributed by atoms with Crippen LogP contribution in [-0.4, -0.2) is 12.2 Å². The van der Waals surface area contributed by atoms with Crippen LogP contribution in [0.1, 0.15) is 11.1 Å². The number of benzene rings is 1. The maximum atomic E-state index is 9.83. The molecule has 1 aromatic carbocycles. The van der Waals surface area contributed by atoms with E-state index in [1.54, 1.807) is 12.1 Å². The van der Waals surface area contributed by atoms with E-state index >= 15 is 0 Å². The van der Waals surface area contributed by atoms with Crippen molar-refractivity contribution in [2.45, 2.75) is 13.3 Å². The molecule has 0 aliphatic carbocycles. The molecule has 0 unspecified atom stereocenters. The maximum absolute atomic E-state index is 9.83. The van der Waals surface area contributed by atoms with Gasteiger partial charge in [0, 0.05) is 10.0 Å². The molecule has 76 valence electrons. The van der Waals surface area contributed by atoms with E-state index in [1.165, 1.54) is 7.11 Å². The highest BCUT2D eigenvalue weighted by Gasteiger charge is 2.12. The van der Waals surface area contributed by atoms with Crippen LogP contribution in [0, 0.1) is 6.92 Å². The number of halogens is 1. The van der Waals surface area contributed by atoms with Gasteiger partial charge in [-0.25, -0.2) is 0 Å². The summed E-state index contributed by atoms with van der Waals surface area (Å²) in [5, 5.41) is 9.83. The van der Waals surface area contributed by atoms with Crippen LogP contribution in [0.5, 0.6) is 11.5 Å². The number of methoxy groups -OCH3 is 1. The Balaban J connectivity index is 3.36. The van der Waals surface area contributed by atoms with Gasteiger partial charge in [0.1, 0.15) is 0 Å². The summed E-state index contributed by atoms with van der Waals surface area (Å²) in [6, 6.07) is 1.76. The largest absolute Gasteiger partial charge is 0.504 e. The van der Waals surface area contributed by atoms with Crippen LogP contribution in [-0.2, 0) is 6.42 Å². The predicted octanol–water partition coefficient (Wildman–Crippen LogP) is 3.20. The Morgan fingerprint density at radius 1 is 1.64 bits per heavy atom. The van der Waals surface area contributed by atoms with Gasteiger partial charge in [-0.05, 0) is 25.0 Å². The molecular formula is C11H13BrO2. The summed E-state index contributed by atoms with van der Waals surface area (Å²) in [4.78, 5) is 0. The van der Waals surface area contributed by atoms with E-state index in [0.29, 0.717) is 12.2 Å². The number of allylic oxidation sites excluding steroid dienone is 1. The van der Waals surface area contributed by atoms with Crippen molar-refractivity contribution in [1.82, 2.24) is 0 Å². The van der Waals surface area contributed by atoms with Gasteiger partial charge in [-0.2, -0.15) is 0 Å². The number of ether oxygens (including phenoxy) is 1. The molecule has 0 bridgehead atoms. The molecule has 0 amide bonds. The lowest BCUT2D eigenvalue weighted by atomic mass is 10.0. The van der Waals surface area contributed by atoms with E-state index in [0.717, 1.165) is 15.6 Å². The molecule has 2 nitrogen and oxygen atoms in total. The van der Waals surface area contributed by atoms with Gasteiger partial charge in [0.15, 0.2) is 11.5 Å². The van der Waals surface area contributed by atoms with Crippen molar-refractivity contribution < 1.29 is 9.84 Å². The first-order chi connectivity index (χ1) is 6.61. The minimum absolute atomic E-state index is 0.202. The number of hydrogen-bond acceptors (Lipinski definition) is 2. The first-order valence-electron chi connectivity index (χ1n) is 4.27. The molecule has 1 N–H and O–H groups in total. The Labute approximate surface area is 92.3 Å². The van der Waals surface area contributed by atoms with E-state index in [4.69, 9.17) is 4.74 Å². The minimum Gasteiger partial charge on any atom is -0.504 e. The zero-order valence-electron chi connectivity index (χ0n) is 8.30. The van der Waals surface area contributed by atoms with Crippen LogP contribution in [0.2, 0.25) is 0 Å². The first-order valence-corrected chi connectivity index (χ1v) is 5.07. The quantitative estimate of drug-likeness (QED) is 0.842. The zero-order valence-corrected chi connectivity index (χ0v) is 9.89. The number of phenolic OH excluding ortho intramolecular Hbond substituents is 1. The Morgan fingerprint density at radius 2 is 2.29 bits per heavy atom. The molecule has 0 fully saturated rings. The van der Waals surface area contributed by atoms with Crippen LogP contribution in [0.4, 0.5) is 0 Å². The molecule has 0 aromatic heterocycles. The molecule has 0 atom stereocenters. The van der Waals surface area contributed by atoms with Crippen molar-refractivity contribution in [3.05, 3.63) is 34.3 Å². The van der Waals surface area contributed by atoms with E-state index in [9.17, 15) is 5.11 Å². The lowest BCUT2D eigenvalue weighted by molar-refractivity contribution is 0.370. The average Bonchev–Trinajstić information content (AvgIpc) is 2.18. The lowest BCUT2D eigenvalue weighted by Gasteiger charge is -2.12. The average molecular weight is 257 g/mol. The fraction of sp³-hybridized carbons (Fsp3) is 0.273. The fourth-order valence-corrected chi connectivity index (χ4v) is 1.76. The smallest absolute Gasteiger partial charge is 0.161 e. The Hall–Kier alpha value is -0.960. The number of phenols is 1. The van der Waals surface area contributed by atoms with Gasteiger partial charge in [0.25, 0.3) is 0 Å². The summed E-state index contributed by atoms with van der Waals surface area (Å²) < 4.78 is 5.99. The Morgan fingerprint density at radius 3 is 2.79 bits per heavy atom. The summed E-state index contributed by atoms with van der Waals surface area (Å²) in [5.74, 6) is 0.687. The van der Waals surface area contributed by atoms with Gasteiger partial charge < -0.3 is 9.84 Å². The molecule has 1 aromatic rings. The molecule has 0 radical (unpaired) electrons. The van der Waals surface area contributed by atoms with Crippen LogP contribution < -0.4 is 4.74 Å². The van der Waals surface area contributed by atoms with Crippen molar-refractivity contribution in [3.63, 3.8) is 0 Å². The molecule has 0 heterocycles. The Bertz CT molecular complexity index is 359. The third-order valence-corrected chi connectivity index (χ3v) is 2.98. The van der Waals surface area contributed by atoms with Gasteiger partial charge in [-0.3, -0.25) is 0 Å². The van der Waals surface area contributed by atoms with Crippen LogP contribution in [0.3, 0.4) is 0 Å². The van der Waals surface area contributed by atoms with Crippen molar-refractivity contribution >= 4 is 15.9 Å². The lowest BCUT2D eigenvalue weighted by Crippen LogP contribution is -1.93. The van der Waals surface area contributed by atoms with Crippen LogP contribution in [0.25, 0.3) is 0 Å². The third kappa shape index (κ3) is 1.93. The molecule has 14 heavy (non-hydrogen) atoms. The Kier molecular flexibility index (Phi) is 3.58. The summed E-state index contributed by atoms with van der Waals surface area (Å²) in [7, 11) is 1.54. The molecule has 0 saturated carbocycles. The molecule has 1 rings (SSSR count). The topological polar surface area (TPSA) is 29.5 Å². The van der Waals surface area contributed by atoms with Gasteiger partial charge >= 0.3 is 0 Å². The highest BCUT2D eigenvalue weighted by Crippen LogP contribution is 2.37. The van der Waals surface area contributed by atoms with E-state index in [1.807, 2.05) is 6.92 Å². The number of aromatic hydroxyl groups is 1. The second kappa shape index (κ2) is 4.51. The second-order valence-corrected chi connectivity index (χ2v) is 3.86. The summed E-state index contributed by atoms with van der Waals surface area (Å²) >= 11 is 3.42. The molecular weight excluding hydrogens is 244 g/mol. The maximum Gasteiger partial charge on any atom is 0.161 e.